The van der Waals surface area contributed by atoms with E-state index in [0.717, 1.165) is 18.5 Å². The Bertz CT molecular complexity index is 410. The van der Waals surface area contributed by atoms with Crippen LogP contribution in [0.1, 0.15) is 19.8 Å². The highest BCUT2D eigenvalue weighted by Gasteiger charge is 2.40. The van der Waals surface area contributed by atoms with Crippen molar-refractivity contribution < 1.29 is 10.0 Å². The van der Waals surface area contributed by atoms with Gasteiger partial charge >= 0.3 is 0 Å². The van der Waals surface area contributed by atoms with Crippen LogP contribution in [-0.4, -0.2) is 28.7 Å². The molecule has 0 amide bonds. The molecule has 0 unspecified atom stereocenters. The van der Waals surface area contributed by atoms with Gasteiger partial charge < -0.3 is 10.0 Å². The molecule has 5 heteroatoms. The number of hydrogen-bond acceptors (Lipinski definition) is 4. The quantitative estimate of drug-likeness (QED) is 0.641. The summed E-state index contributed by atoms with van der Waals surface area (Å²) in [5, 5.41) is 20.5. The van der Waals surface area contributed by atoms with Gasteiger partial charge in [-0.25, -0.2) is 0 Å². The number of nitro benzene ring substituents is 1. The van der Waals surface area contributed by atoms with E-state index < -0.39 is 10.5 Å². The Morgan fingerprint density at radius 2 is 2.00 bits per heavy atom. The zero-order valence-corrected chi connectivity index (χ0v) is 9.80. The average Bonchev–Trinajstić information content (AvgIpc) is 2.26. The largest absolute Gasteiger partial charge is 0.386 e. The number of hydrogen-bond donors (Lipinski definition) is 1. The molecule has 1 N–H and O–H groups in total. The van der Waals surface area contributed by atoms with E-state index in [9.17, 15) is 15.2 Å². The number of aliphatic hydroxyl groups is 1. The van der Waals surface area contributed by atoms with Crippen LogP contribution in [0.5, 0.6) is 0 Å². The average molecular weight is 236 g/mol. The SMILES string of the molecule is CCCC1(O)CN(c2ccc([N+](=O)[O-])cc2)C1. The van der Waals surface area contributed by atoms with Crippen LogP contribution in [0.4, 0.5) is 11.4 Å². The summed E-state index contributed by atoms with van der Waals surface area (Å²) in [6.07, 6.45) is 1.76. The predicted molar refractivity (Wildman–Crippen MR) is 65.2 cm³/mol. The minimum absolute atomic E-state index is 0.0955. The van der Waals surface area contributed by atoms with Gasteiger partial charge in [-0.05, 0) is 18.6 Å². The third-order valence-corrected chi connectivity index (χ3v) is 3.11. The van der Waals surface area contributed by atoms with E-state index in [1.807, 2.05) is 11.8 Å². The van der Waals surface area contributed by atoms with Crippen LogP contribution < -0.4 is 4.90 Å². The second-order valence-electron chi connectivity index (χ2n) is 4.60. The Morgan fingerprint density at radius 1 is 1.41 bits per heavy atom. The highest BCUT2D eigenvalue weighted by Crippen LogP contribution is 2.31. The van der Waals surface area contributed by atoms with Crippen molar-refractivity contribution in [3.63, 3.8) is 0 Å². The fourth-order valence-corrected chi connectivity index (χ4v) is 2.26. The van der Waals surface area contributed by atoms with Gasteiger partial charge in [0.15, 0.2) is 0 Å². The van der Waals surface area contributed by atoms with Crippen molar-refractivity contribution in [2.24, 2.45) is 0 Å². The van der Waals surface area contributed by atoms with Crippen LogP contribution >= 0.6 is 0 Å². The molecule has 0 spiro atoms. The van der Waals surface area contributed by atoms with Crippen LogP contribution in [0.2, 0.25) is 0 Å². The predicted octanol–water partition coefficient (Wildman–Crippen LogP) is 1.95. The number of nitrogens with zero attached hydrogens (tertiary/aromatic N) is 2. The second kappa shape index (κ2) is 4.33. The molecular weight excluding hydrogens is 220 g/mol. The number of benzene rings is 1. The molecule has 0 atom stereocenters. The lowest BCUT2D eigenvalue weighted by Crippen LogP contribution is -2.61. The Balaban J connectivity index is 1.99. The lowest BCUT2D eigenvalue weighted by molar-refractivity contribution is -0.384. The summed E-state index contributed by atoms with van der Waals surface area (Å²) in [7, 11) is 0. The van der Waals surface area contributed by atoms with E-state index in [4.69, 9.17) is 0 Å². The summed E-state index contributed by atoms with van der Waals surface area (Å²) in [5.41, 5.74) is 0.450. The molecule has 0 bridgehead atoms. The van der Waals surface area contributed by atoms with Gasteiger partial charge in [0, 0.05) is 30.9 Å². The van der Waals surface area contributed by atoms with Gasteiger partial charge in [0.25, 0.3) is 5.69 Å². The molecule has 92 valence electrons. The highest BCUT2D eigenvalue weighted by atomic mass is 16.6. The van der Waals surface area contributed by atoms with Crippen molar-refractivity contribution in [1.29, 1.82) is 0 Å². The van der Waals surface area contributed by atoms with Gasteiger partial charge in [-0.3, -0.25) is 10.1 Å². The molecule has 1 aliphatic rings. The summed E-state index contributed by atoms with van der Waals surface area (Å²) in [6.45, 7) is 3.27. The van der Waals surface area contributed by atoms with Crippen LogP contribution in [0.3, 0.4) is 0 Å². The van der Waals surface area contributed by atoms with Crippen LogP contribution in [0.15, 0.2) is 24.3 Å². The molecule has 1 aromatic rings. The summed E-state index contributed by atoms with van der Waals surface area (Å²) in [5.74, 6) is 0. The summed E-state index contributed by atoms with van der Waals surface area (Å²) in [6, 6.07) is 6.44. The third kappa shape index (κ3) is 2.39. The molecule has 17 heavy (non-hydrogen) atoms. The van der Waals surface area contributed by atoms with E-state index in [1.165, 1.54) is 12.1 Å². The number of nitro groups is 1. The standard InChI is InChI=1S/C12H16N2O3/c1-2-7-12(15)8-13(9-12)10-3-5-11(6-4-10)14(16)17/h3-6,15H,2,7-9H2,1H3. The smallest absolute Gasteiger partial charge is 0.269 e. The maximum atomic E-state index is 10.5. The fourth-order valence-electron chi connectivity index (χ4n) is 2.26. The van der Waals surface area contributed by atoms with Crippen LogP contribution in [-0.2, 0) is 0 Å². The molecule has 1 aromatic carbocycles. The van der Waals surface area contributed by atoms with Gasteiger partial charge in [-0.1, -0.05) is 13.3 Å². The molecule has 1 heterocycles. The van der Waals surface area contributed by atoms with E-state index in [0.29, 0.717) is 13.1 Å². The molecule has 1 aliphatic heterocycles. The normalized spacial score (nSPS) is 17.6. The number of rotatable bonds is 4. The summed E-state index contributed by atoms with van der Waals surface area (Å²) < 4.78 is 0. The first kappa shape index (κ1) is 11.9. The van der Waals surface area contributed by atoms with Crippen molar-refractivity contribution in [2.75, 3.05) is 18.0 Å². The Labute approximate surface area is 99.8 Å². The molecule has 0 aromatic heterocycles. The number of anilines is 1. The van der Waals surface area contributed by atoms with Gasteiger partial charge in [0.05, 0.1) is 10.5 Å². The van der Waals surface area contributed by atoms with Crippen molar-refractivity contribution in [1.82, 2.24) is 0 Å². The van der Waals surface area contributed by atoms with Crippen molar-refractivity contribution in [3.05, 3.63) is 34.4 Å². The first-order chi connectivity index (χ1) is 8.04. The maximum absolute atomic E-state index is 10.5. The van der Waals surface area contributed by atoms with Crippen LogP contribution in [0.25, 0.3) is 0 Å². The van der Waals surface area contributed by atoms with E-state index in [1.54, 1.807) is 12.1 Å². The topological polar surface area (TPSA) is 66.6 Å². The fraction of sp³-hybridized carbons (Fsp3) is 0.500. The van der Waals surface area contributed by atoms with Crippen LogP contribution in [0, 0.1) is 10.1 Å². The zero-order valence-electron chi connectivity index (χ0n) is 9.80. The highest BCUT2D eigenvalue weighted by molar-refractivity contribution is 5.53. The number of non-ortho nitro benzene ring substituents is 1. The Hall–Kier alpha value is -1.62. The molecular formula is C12H16N2O3. The minimum Gasteiger partial charge on any atom is -0.386 e. The Kier molecular flexibility index (Phi) is 3.02. The molecule has 2 rings (SSSR count). The minimum atomic E-state index is -0.573. The van der Waals surface area contributed by atoms with Gasteiger partial charge in [0.2, 0.25) is 0 Å². The number of β-amino-alcohol motifs (C(OH)–C–C–N with tert-alkyl or cyclic N) is 1. The maximum Gasteiger partial charge on any atom is 0.269 e. The molecule has 0 radical (unpaired) electrons. The van der Waals surface area contributed by atoms with Crippen molar-refractivity contribution in [2.45, 2.75) is 25.4 Å². The zero-order chi connectivity index (χ0) is 12.5. The molecule has 1 saturated heterocycles. The lowest BCUT2D eigenvalue weighted by Gasteiger charge is -2.48. The summed E-state index contributed by atoms with van der Waals surface area (Å²) in [4.78, 5) is 12.1. The second-order valence-corrected chi connectivity index (χ2v) is 4.60. The first-order valence-corrected chi connectivity index (χ1v) is 5.76. The molecule has 0 aliphatic carbocycles. The van der Waals surface area contributed by atoms with Gasteiger partial charge in [-0.15, -0.1) is 0 Å². The van der Waals surface area contributed by atoms with Crippen molar-refractivity contribution >= 4 is 11.4 Å². The first-order valence-electron chi connectivity index (χ1n) is 5.76. The Morgan fingerprint density at radius 3 is 2.47 bits per heavy atom. The van der Waals surface area contributed by atoms with Crippen molar-refractivity contribution in [3.8, 4) is 0 Å². The van der Waals surface area contributed by atoms with E-state index >= 15 is 0 Å². The molecule has 5 nitrogen and oxygen atoms in total. The molecule has 1 fully saturated rings. The monoisotopic (exact) mass is 236 g/mol. The summed E-state index contributed by atoms with van der Waals surface area (Å²) >= 11 is 0. The van der Waals surface area contributed by atoms with Gasteiger partial charge in [0.1, 0.15) is 0 Å². The lowest BCUT2D eigenvalue weighted by atomic mass is 9.89. The van der Waals surface area contributed by atoms with Gasteiger partial charge in [-0.2, -0.15) is 0 Å². The molecule has 0 saturated carbocycles. The third-order valence-electron chi connectivity index (χ3n) is 3.11. The van der Waals surface area contributed by atoms with E-state index in [2.05, 4.69) is 0 Å². The van der Waals surface area contributed by atoms with E-state index in [-0.39, 0.29) is 5.69 Å².